The van der Waals surface area contributed by atoms with Crippen LogP contribution in [0.2, 0.25) is 5.02 Å². The Balaban J connectivity index is 2.35. The van der Waals surface area contributed by atoms with E-state index in [2.05, 4.69) is 5.43 Å². The molecule has 6 nitrogen and oxygen atoms in total. The number of carbonyl (C=O) groups is 1. The third-order valence-corrected chi connectivity index (χ3v) is 3.94. The number of nitrogens with zero attached hydrogens (tertiary/aromatic N) is 1. The third kappa shape index (κ3) is 3.88. The van der Waals surface area contributed by atoms with Gasteiger partial charge >= 0.3 is 6.09 Å². The van der Waals surface area contributed by atoms with Crippen LogP contribution in [0, 0.1) is 0 Å². The number of hydrogen-bond donors (Lipinski definition) is 2. The highest BCUT2D eigenvalue weighted by Gasteiger charge is 2.46. The van der Waals surface area contributed by atoms with Gasteiger partial charge in [-0.25, -0.2) is 4.79 Å². The van der Waals surface area contributed by atoms with Crippen molar-refractivity contribution in [2.75, 3.05) is 12.0 Å². The van der Waals surface area contributed by atoms with E-state index in [1.54, 1.807) is 11.0 Å². The van der Waals surface area contributed by atoms with E-state index in [1.807, 2.05) is 46.8 Å². The van der Waals surface area contributed by atoms with E-state index >= 15 is 0 Å². The first-order valence-electron chi connectivity index (χ1n) is 7.47. The molecule has 3 N–H and O–H groups in total. The maximum Gasteiger partial charge on any atom is 0.413 e. The minimum atomic E-state index is -0.761. The number of halogens is 1. The van der Waals surface area contributed by atoms with E-state index in [-0.39, 0.29) is 6.04 Å². The van der Waals surface area contributed by atoms with Gasteiger partial charge in [0.15, 0.2) is 0 Å². The minimum Gasteiger partial charge on any atom is -0.444 e. The summed E-state index contributed by atoms with van der Waals surface area (Å²) in [6, 6.07) is 5.14. The van der Waals surface area contributed by atoms with E-state index in [9.17, 15) is 4.79 Å². The molecule has 128 valence electrons. The molecule has 1 aliphatic heterocycles. The van der Waals surface area contributed by atoms with E-state index in [1.165, 1.54) is 0 Å². The van der Waals surface area contributed by atoms with Crippen LogP contribution in [0.15, 0.2) is 18.2 Å². The lowest BCUT2D eigenvalue weighted by atomic mass is 10.0. The summed E-state index contributed by atoms with van der Waals surface area (Å²) < 4.78 is 11.3. The van der Waals surface area contributed by atoms with Crippen molar-refractivity contribution in [1.82, 2.24) is 4.90 Å². The average molecular weight is 342 g/mol. The number of nitrogen functional groups attached to an aromatic ring is 1. The molecule has 1 aromatic rings. The van der Waals surface area contributed by atoms with E-state index < -0.39 is 17.4 Å². The molecular weight excluding hydrogens is 318 g/mol. The first-order chi connectivity index (χ1) is 10.5. The lowest BCUT2D eigenvalue weighted by Gasteiger charge is -2.35. The van der Waals surface area contributed by atoms with Gasteiger partial charge in [0.2, 0.25) is 0 Å². The first kappa shape index (κ1) is 17.8. The van der Waals surface area contributed by atoms with Crippen LogP contribution in [0.3, 0.4) is 0 Å². The van der Waals surface area contributed by atoms with Crippen molar-refractivity contribution >= 4 is 23.4 Å². The van der Waals surface area contributed by atoms with Gasteiger partial charge < -0.3 is 14.9 Å². The van der Waals surface area contributed by atoms with Crippen molar-refractivity contribution in [3.63, 3.8) is 0 Å². The third-order valence-electron chi connectivity index (χ3n) is 3.61. The van der Waals surface area contributed by atoms with Crippen LogP contribution in [-0.2, 0) is 9.47 Å². The fourth-order valence-corrected chi connectivity index (χ4v) is 2.74. The Morgan fingerprint density at radius 2 is 2.13 bits per heavy atom. The van der Waals surface area contributed by atoms with Crippen LogP contribution < -0.4 is 11.3 Å². The molecule has 1 saturated heterocycles. The molecule has 0 bridgehead atoms. The van der Waals surface area contributed by atoms with Gasteiger partial charge in [-0.15, -0.1) is 0 Å². The predicted molar refractivity (Wildman–Crippen MR) is 90.1 cm³/mol. The molecule has 0 aromatic heterocycles. The highest BCUT2D eigenvalue weighted by molar-refractivity contribution is 6.33. The minimum absolute atomic E-state index is 0.274. The van der Waals surface area contributed by atoms with Crippen LogP contribution in [0.4, 0.5) is 10.5 Å². The molecule has 0 radical (unpaired) electrons. The molecule has 1 fully saturated rings. The van der Waals surface area contributed by atoms with Crippen molar-refractivity contribution in [2.45, 2.75) is 52.0 Å². The van der Waals surface area contributed by atoms with Crippen LogP contribution >= 0.6 is 11.6 Å². The number of anilines is 1. The summed E-state index contributed by atoms with van der Waals surface area (Å²) >= 11 is 6.07. The number of hydrazine groups is 1. The number of hydrogen-bond acceptors (Lipinski definition) is 5. The van der Waals surface area contributed by atoms with Gasteiger partial charge in [0.1, 0.15) is 11.3 Å². The molecule has 1 atom stereocenters. The number of nitrogens with one attached hydrogen (secondary N) is 1. The molecule has 0 unspecified atom stereocenters. The van der Waals surface area contributed by atoms with Crippen molar-refractivity contribution in [2.24, 2.45) is 5.84 Å². The maximum absolute atomic E-state index is 12.6. The van der Waals surface area contributed by atoms with Gasteiger partial charge in [-0.05, 0) is 52.3 Å². The Morgan fingerprint density at radius 3 is 2.70 bits per heavy atom. The number of nitrogens with two attached hydrogens (primary N) is 1. The zero-order chi connectivity index (χ0) is 17.4. The standard InChI is InChI=1S/C16H24ClN3O3/c1-15(2,3)23-14(21)20-13(9-22-16(20,4)5)10-6-7-11(17)12(8-10)19-18/h6-8,13,19H,9,18H2,1-5H3/t13-/m1/s1. The normalized spacial score (nSPS) is 20.5. The molecular formula is C16H24ClN3O3. The number of benzene rings is 1. The Kier molecular flexibility index (Phi) is 4.80. The first-order valence-corrected chi connectivity index (χ1v) is 7.85. The molecule has 1 amide bonds. The predicted octanol–water partition coefficient (Wildman–Crippen LogP) is 3.67. The lowest BCUT2D eigenvalue weighted by molar-refractivity contribution is -0.0626. The highest BCUT2D eigenvalue weighted by atomic mass is 35.5. The van der Waals surface area contributed by atoms with E-state index in [4.69, 9.17) is 26.9 Å². The second kappa shape index (κ2) is 6.19. The summed E-state index contributed by atoms with van der Waals surface area (Å²) in [5.41, 5.74) is 2.68. The Labute approximate surface area is 141 Å². The second-order valence-electron chi connectivity index (χ2n) is 7.01. The SMILES string of the molecule is CC(C)(C)OC(=O)N1[C@@H](c2ccc(Cl)c(NN)c2)COC1(C)C. The molecule has 1 aromatic carbocycles. The van der Waals surface area contributed by atoms with Gasteiger partial charge in [0.25, 0.3) is 0 Å². The van der Waals surface area contributed by atoms with Crippen LogP contribution in [-0.4, -0.2) is 28.9 Å². The Bertz CT molecular complexity index is 599. The monoisotopic (exact) mass is 341 g/mol. The second-order valence-corrected chi connectivity index (χ2v) is 7.41. The molecule has 0 saturated carbocycles. The van der Waals surface area contributed by atoms with Gasteiger partial charge in [-0.2, -0.15) is 0 Å². The molecule has 1 aliphatic rings. The fourth-order valence-electron chi connectivity index (χ4n) is 2.57. The molecule has 0 spiro atoms. The van der Waals surface area contributed by atoms with Crippen molar-refractivity contribution in [3.05, 3.63) is 28.8 Å². The van der Waals surface area contributed by atoms with Crippen molar-refractivity contribution in [1.29, 1.82) is 0 Å². The summed E-state index contributed by atoms with van der Waals surface area (Å²) in [7, 11) is 0. The fraction of sp³-hybridized carbons (Fsp3) is 0.562. The largest absolute Gasteiger partial charge is 0.444 e. The lowest BCUT2D eigenvalue weighted by Crippen LogP contribution is -2.47. The van der Waals surface area contributed by atoms with Crippen molar-refractivity contribution < 1.29 is 14.3 Å². The zero-order valence-corrected chi connectivity index (χ0v) is 14.9. The average Bonchev–Trinajstić information content (AvgIpc) is 2.73. The smallest absolute Gasteiger partial charge is 0.413 e. The Hall–Kier alpha value is -1.50. The zero-order valence-electron chi connectivity index (χ0n) is 14.1. The quantitative estimate of drug-likeness (QED) is 0.634. The maximum atomic E-state index is 12.6. The molecule has 23 heavy (non-hydrogen) atoms. The molecule has 7 heteroatoms. The number of ether oxygens (including phenoxy) is 2. The molecule has 2 rings (SSSR count). The van der Waals surface area contributed by atoms with Crippen LogP contribution in [0.1, 0.15) is 46.2 Å². The van der Waals surface area contributed by atoms with Crippen LogP contribution in [0.5, 0.6) is 0 Å². The van der Waals surface area contributed by atoms with Crippen molar-refractivity contribution in [3.8, 4) is 0 Å². The summed E-state index contributed by atoms with van der Waals surface area (Å²) in [5, 5.41) is 0.512. The molecule has 0 aliphatic carbocycles. The van der Waals surface area contributed by atoms with Crippen LogP contribution in [0.25, 0.3) is 0 Å². The van der Waals surface area contributed by atoms with E-state index in [0.29, 0.717) is 17.3 Å². The van der Waals surface area contributed by atoms with E-state index in [0.717, 1.165) is 5.56 Å². The summed E-state index contributed by atoms with van der Waals surface area (Å²) in [5.74, 6) is 5.48. The summed E-state index contributed by atoms with van der Waals surface area (Å²) in [6.45, 7) is 9.56. The van der Waals surface area contributed by atoms with Gasteiger partial charge in [0, 0.05) is 0 Å². The highest BCUT2D eigenvalue weighted by Crippen LogP contribution is 2.39. The number of rotatable bonds is 2. The summed E-state index contributed by atoms with van der Waals surface area (Å²) in [4.78, 5) is 14.3. The Morgan fingerprint density at radius 1 is 1.48 bits per heavy atom. The topological polar surface area (TPSA) is 76.8 Å². The molecule has 1 heterocycles. The number of amides is 1. The summed E-state index contributed by atoms with van der Waals surface area (Å²) in [6.07, 6.45) is -0.415. The van der Waals surface area contributed by atoms with Gasteiger partial charge in [-0.1, -0.05) is 17.7 Å². The van der Waals surface area contributed by atoms with Gasteiger partial charge in [-0.3, -0.25) is 10.7 Å². The number of carbonyl (C=O) groups excluding carboxylic acids is 1. The van der Waals surface area contributed by atoms with Gasteiger partial charge in [0.05, 0.1) is 23.4 Å².